The topological polar surface area (TPSA) is 324 Å². The third kappa shape index (κ3) is 33.1. The molecule has 1 unspecified atom stereocenters. The molecular weight excluding hydrogens is 949 g/mol. The first kappa shape index (κ1) is 61.0. The summed E-state index contributed by atoms with van der Waals surface area (Å²) in [6.45, 7) is 8.03. The highest BCUT2D eigenvalue weighted by Crippen LogP contribution is 2.12. The molecule has 2 heterocycles. The highest BCUT2D eigenvalue weighted by molar-refractivity contribution is 7.85. The highest BCUT2D eigenvalue weighted by atomic mass is 32.2. The fraction of sp³-hybridized carbons (Fsp3) is 0.780. The van der Waals surface area contributed by atoms with E-state index in [2.05, 4.69) is 10.6 Å². The average Bonchev–Trinajstić information content (AvgIpc) is 3.81. The number of nitrogens with one attached hydrogen (secondary N) is 2. The number of rotatable bonds is 47. The molecule has 2 rings (SSSR count). The number of hydrogen-bond acceptors (Lipinski definition) is 22. The summed E-state index contributed by atoms with van der Waals surface area (Å²) < 4.78 is 97.0. The van der Waals surface area contributed by atoms with Gasteiger partial charge in [-0.1, -0.05) is 0 Å². The van der Waals surface area contributed by atoms with Crippen LogP contribution in [0.2, 0.25) is 0 Å². The number of amides is 6. The molecule has 27 nitrogen and oxygen atoms in total. The maximum atomic E-state index is 12.5. The molecule has 6 amide bonds. The molecule has 69 heavy (non-hydrogen) atoms. The van der Waals surface area contributed by atoms with Gasteiger partial charge < -0.3 is 72.3 Å². The van der Waals surface area contributed by atoms with Crippen molar-refractivity contribution in [2.24, 2.45) is 0 Å². The summed E-state index contributed by atoms with van der Waals surface area (Å²) in [5.74, 6) is -5.72. The first-order valence-corrected chi connectivity index (χ1v) is 24.0. The molecule has 1 saturated heterocycles. The average molecular weight is 1020 g/mol. The van der Waals surface area contributed by atoms with E-state index in [4.69, 9.17) is 61.7 Å². The van der Waals surface area contributed by atoms with Gasteiger partial charge in [0.05, 0.1) is 165 Å². The van der Waals surface area contributed by atoms with E-state index < -0.39 is 63.3 Å². The Kier molecular flexibility index (Phi) is 35.0. The van der Waals surface area contributed by atoms with Gasteiger partial charge in [0.25, 0.3) is 33.7 Å². The van der Waals surface area contributed by atoms with Gasteiger partial charge in [0.1, 0.15) is 11.8 Å². The van der Waals surface area contributed by atoms with Crippen LogP contribution in [0.15, 0.2) is 12.2 Å². The smallest absolute Gasteiger partial charge is 0.335 e. The molecule has 28 heteroatoms. The van der Waals surface area contributed by atoms with E-state index >= 15 is 0 Å². The van der Waals surface area contributed by atoms with Crippen molar-refractivity contribution in [1.29, 1.82) is 0 Å². The fourth-order valence-electron chi connectivity index (χ4n) is 5.38. The maximum Gasteiger partial charge on any atom is 0.335 e. The normalized spacial score (nSPS) is 14.3. The molecule has 0 aromatic heterocycles. The van der Waals surface area contributed by atoms with E-state index in [1.165, 1.54) is 0 Å². The molecule has 1 fully saturated rings. The van der Waals surface area contributed by atoms with E-state index in [1.807, 2.05) is 0 Å². The van der Waals surface area contributed by atoms with E-state index in [-0.39, 0.29) is 71.8 Å². The molecule has 2 aliphatic rings. The van der Waals surface area contributed by atoms with E-state index in [0.717, 1.165) is 17.1 Å². The van der Waals surface area contributed by atoms with Gasteiger partial charge in [-0.05, 0) is 0 Å². The highest BCUT2D eigenvalue weighted by Gasteiger charge is 2.33. The zero-order valence-electron chi connectivity index (χ0n) is 38.9. The number of hydrogen-bond donors (Lipinski definition) is 3. The van der Waals surface area contributed by atoms with Crippen molar-refractivity contribution >= 4 is 51.5 Å². The van der Waals surface area contributed by atoms with Gasteiger partial charge in [-0.25, -0.2) is 4.79 Å². The number of imide groups is 2. The molecule has 0 aromatic rings. The number of nitrogens with zero attached hydrogens (tertiary/aromatic N) is 2. The summed E-state index contributed by atoms with van der Waals surface area (Å²) in [6.07, 6.45) is 1.71. The molecule has 396 valence electrons. The molecule has 3 N–H and O–H groups in total. The number of ether oxygens (including phenoxy) is 12. The van der Waals surface area contributed by atoms with Gasteiger partial charge in [0, 0.05) is 44.5 Å². The summed E-state index contributed by atoms with van der Waals surface area (Å²) in [6, 6.07) is -1.62. The van der Waals surface area contributed by atoms with Crippen LogP contribution in [0.3, 0.4) is 0 Å². The Labute approximate surface area is 400 Å². The molecule has 0 bridgehead atoms. The van der Waals surface area contributed by atoms with Gasteiger partial charge >= 0.3 is 5.97 Å². The molecule has 2 aliphatic heterocycles. The summed E-state index contributed by atoms with van der Waals surface area (Å²) >= 11 is 0. The summed E-state index contributed by atoms with van der Waals surface area (Å²) in [5.41, 5.74) is 0. The van der Waals surface area contributed by atoms with Crippen molar-refractivity contribution in [1.82, 2.24) is 20.6 Å². The molecule has 0 aromatic carbocycles. The second kappa shape index (κ2) is 39.6. The van der Waals surface area contributed by atoms with E-state index in [1.54, 1.807) is 0 Å². The fourth-order valence-corrected chi connectivity index (χ4v) is 6.03. The monoisotopic (exact) mass is 1020 g/mol. The lowest BCUT2D eigenvalue weighted by atomic mass is 10.2. The summed E-state index contributed by atoms with van der Waals surface area (Å²) in [7, 11) is -4.64. The lowest BCUT2D eigenvalue weighted by Gasteiger charge is -2.18. The Bertz CT molecular complexity index is 1610. The second-order valence-electron chi connectivity index (χ2n) is 14.2. The van der Waals surface area contributed by atoms with Crippen molar-refractivity contribution < 1.29 is 108 Å². The Balaban J connectivity index is 1.22. The van der Waals surface area contributed by atoms with Crippen molar-refractivity contribution in [3.05, 3.63) is 12.2 Å². The molecule has 0 radical (unpaired) electrons. The van der Waals surface area contributed by atoms with Gasteiger partial charge in [-0.3, -0.25) is 38.2 Å². The minimum absolute atomic E-state index is 0.0265. The van der Waals surface area contributed by atoms with Crippen LogP contribution in [-0.2, 0) is 105 Å². The SMILES string of the molecule is O=C(CCN1C(=O)C=CC1=O)NC(CS(=O)(=O)O)C(=O)NCCOCCOCCOCCOCCOCCOCCOCCOCCOCCOCCOCCOCCC(=O)ON1C(=O)CCC1=O. The lowest BCUT2D eigenvalue weighted by molar-refractivity contribution is -0.198. The standard InChI is InChI=1S/C41H68N4O23S/c46-35(5-8-44-36(47)1-2-37(44)48)43-34(33-69(53,54)55)41(52)42-7-10-57-12-14-59-16-18-61-20-22-63-24-26-65-28-30-67-32-31-66-29-27-64-25-23-62-21-19-60-17-15-58-13-11-56-9-6-40(51)68-45-38(49)3-4-39(45)50/h1-2,34H,3-33H2,(H,42,52)(H,43,46)(H,53,54,55). The van der Waals surface area contributed by atoms with Crippen LogP contribution < -0.4 is 10.6 Å². The van der Waals surface area contributed by atoms with Crippen LogP contribution in [0.1, 0.15) is 25.7 Å². The molecular formula is C41H68N4O23S. The summed E-state index contributed by atoms with van der Waals surface area (Å²) in [5, 5.41) is 5.10. The van der Waals surface area contributed by atoms with Gasteiger partial charge in [-0.2, -0.15) is 8.42 Å². The molecule has 0 saturated carbocycles. The Morgan fingerprint density at radius 2 is 0.855 bits per heavy atom. The number of carbonyl (C=O) groups is 7. The lowest BCUT2D eigenvalue weighted by Crippen LogP contribution is -2.51. The van der Waals surface area contributed by atoms with Gasteiger partial charge in [-0.15, -0.1) is 5.06 Å². The van der Waals surface area contributed by atoms with Crippen LogP contribution in [-0.4, -0.2) is 248 Å². The van der Waals surface area contributed by atoms with Crippen LogP contribution in [0.5, 0.6) is 0 Å². The largest absolute Gasteiger partial charge is 0.378 e. The van der Waals surface area contributed by atoms with Crippen LogP contribution in [0, 0.1) is 0 Å². The van der Waals surface area contributed by atoms with Crippen molar-refractivity contribution in [2.75, 3.05) is 177 Å². The Morgan fingerprint density at radius 3 is 1.20 bits per heavy atom. The first-order chi connectivity index (χ1) is 33.4. The predicted octanol–water partition coefficient (Wildman–Crippen LogP) is -3.01. The summed E-state index contributed by atoms with van der Waals surface area (Å²) in [4.78, 5) is 88.0. The molecule has 0 aliphatic carbocycles. The third-order valence-electron chi connectivity index (χ3n) is 8.78. The first-order valence-electron chi connectivity index (χ1n) is 22.4. The van der Waals surface area contributed by atoms with Crippen LogP contribution in [0.25, 0.3) is 0 Å². The Hall–Kier alpha value is -4.14. The second-order valence-corrected chi connectivity index (χ2v) is 15.7. The quantitative estimate of drug-likeness (QED) is 0.0310. The predicted molar refractivity (Wildman–Crippen MR) is 233 cm³/mol. The number of hydroxylamine groups is 2. The minimum Gasteiger partial charge on any atom is -0.378 e. The zero-order valence-corrected chi connectivity index (χ0v) is 39.7. The minimum atomic E-state index is -4.64. The Morgan fingerprint density at radius 1 is 0.522 bits per heavy atom. The van der Waals surface area contributed by atoms with E-state index in [9.17, 15) is 46.5 Å². The van der Waals surface area contributed by atoms with Crippen molar-refractivity contribution in [3.8, 4) is 0 Å². The maximum absolute atomic E-state index is 12.5. The zero-order chi connectivity index (χ0) is 50.2. The van der Waals surface area contributed by atoms with Crippen LogP contribution >= 0.6 is 0 Å². The van der Waals surface area contributed by atoms with Crippen molar-refractivity contribution in [3.63, 3.8) is 0 Å². The van der Waals surface area contributed by atoms with Gasteiger partial charge in [0.2, 0.25) is 11.8 Å². The van der Waals surface area contributed by atoms with Crippen LogP contribution in [0.4, 0.5) is 0 Å². The van der Waals surface area contributed by atoms with Gasteiger partial charge in [0.15, 0.2) is 0 Å². The van der Waals surface area contributed by atoms with E-state index in [0.29, 0.717) is 131 Å². The third-order valence-corrected chi connectivity index (χ3v) is 9.53. The molecule has 1 atom stereocenters. The number of carbonyl (C=O) groups excluding carboxylic acids is 7. The van der Waals surface area contributed by atoms with Crippen molar-refractivity contribution in [2.45, 2.75) is 31.7 Å². The molecule has 0 spiro atoms.